The molecule has 2 aromatic carbocycles. The highest BCUT2D eigenvalue weighted by Crippen LogP contribution is 2.26. The molecule has 0 saturated carbocycles. The number of nitrogens with two attached hydrogens (primary N) is 2. The monoisotopic (exact) mass is 569 g/mol. The summed E-state index contributed by atoms with van der Waals surface area (Å²) in [4.78, 5) is 26.7. The average molecular weight is 570 g/mol. The third-order valence-electron chi connectivity index (χ3n) is 6.48. The lowest BCUT2D eigenvalue weighted by molar-refractivity contribution is -0.121. The van der Waals surface area contributed by atoms with Crippen LogP contribution in [-0.2, 0) is 9.53 Å². The number of nitrogens with one attached hydrogen (secondary N) is 2. The summed E-state index contributed by atoms with van der Waals surface area (Å²) in [5.41, 5.74) is 8.03. The number of nitrogens with zero attached hydrogens (tertiary/aromatic N) is 1. The van der Waals surface area contributed by atoms with Crippen LogP contribution in [0.5, 0.6) is 0 Å². The van der Waals surface area contributed by atoms with Crippen LogP contribution in [0.2, 0.25) is 0 Å². The molecule has 0 aliphatic rings. The number of carbonyl (C=O) groups excluding carboxylic acids is 2. The van der Waals surface area contributed by atoms with E-state index in [4.69, 9.17) is 16.2 Å². The number of carbonyl (C=O) groups is 2. The summed E-state index contributed by atoms with van der Waals surface area (Å²) in [5.74, 6) is -8.77. The van der Waals surface area contributed by atoms with Crippen LogP contribution < -0.4 is 27.0 Å². The molecule has 222 valence electrons. The maximum atomic E-state index is 14.1. The minimum Gasteiger partial charge on any atom is -0.399 e. The van der Waals surface area contributed by atoms with Crippen molar-refractivity contribution < 1.29 is 31.9 Å². The normalized spacial score (nSPS) is 11.8. The Labute approximate surface area is 232 Å². The molecule has 0 aromatic heterocycles. The van der Waals surface area contributed by atoms with Gasteiger partial charge in [0.1, 0.15) is 11.3 Å². The molecule has 12 heteroatoms. The summed E-state index contributed by atoms with van der Waals surface area (Å²) in [6.45, 7) is 8.10. The van der Waals surface area contributed by atoms with Gasteiger partial charge in [-0.05, 0) is 71.2 Å². The Morgan fingerprint density at radius 3 is 2.08 bits per heavy atom. The molecule has 0 aliphatic carbocycles. The maximum Gasteiger partial charge on any atom is 0.257 e. The number of rotatable bonds is 14. The van der Waals surface area contributed by atoms with Gasteiger partial charge in [0.15, 0.2) is 23.3 Å². The van der Waals surface area contributed by atoms with Crippen LogP contribution in [0, 0.1) is 23.3 Å². The molecule has 0 bridgehead atoms. The lowest BCUT2D eigenvalue weighted by Crippen LogP contribution is -2.45. The highest BCUT2D eigenvalue weighted by atomic mass is 19.2. The van der Waals surface area contributed by atoms with E-state index in [9.17, 15) is 27.2 Å². The van der Waals surface area contributed by atoms with Gasteiger partial charge in [0.25, 0.3) is 5.91 Å². The van der Waals surface area contributed by atoms with Gasteiger partial charge in [0, 0.05) is 50.1 Å². The number of ether oxygens (including phenoxy) is 1. The van der Waals surface area contributed by atoms with E-state index in [1.807, 2.05) is 50.1 Å². The largest absolute Gasteiger partial charge is 0.399 e. The maximum absolute atomic E-state index is 14.1. The Hall–Kier alpha value is -3.54. The molecule has 40 heavy (non-hydrogen) atoms. The zero-order chi connectivity index (χ0) is 30.3. The van der Waals surface area contributed by atoms with E-state index in [2.05, 4.69) is 10.6 Å². The van der Waals surface area contributed by atoms with Crippen molar-refractivity contribution in [3.05, 3.63) is 53.1 Å². The van der Waals surface area contributed by atoms with Gasteiger partial charge in [-0.25, -0.2) is 17.6 Å². The van der Waals surface area contributed by atoms with E-state index >= 15 is 0 Å². The third-order valence-corrected chi connectivity index (χ3v) is 6.48. The predicted molar refractivity (Wildman–Crippen MR) is 148 cm³/mol. The molecule has 2 rings (SSSR count). The van der Waals surface area contributed by atoms with E-state index in [1.54, 1.807) is 13.8 Å². The van der Waals surface area contributed by atoms with Gasteiger partial charge in [-0.3, -0.25) is 9.59 Å². The summed E-state index contributed by atoms with van der Waals surface area (Å²) in [5, 5.41) is 5.26. The highest BCUT2D eigenvalue weighted by molar-refractivity contribution is 5.95. The molecule has 0 unspecified atom stereocenters. The third kappa shape index (κ3) is 9.29. The number of benzene rings is 2. The smallest absolute Gasteiger partial charge is 0.257 e. The lowest BCUT2D eigenvalue weighted by Gasteiger charge is -2.30. The van der Waals surface area contributed by atoms with E-state index in [0.717, 1.165) is 5.69 Å². The number of amides is 2. The van der Waals surface area contributed by atoms with Crippen molar-refractivity contribution in [2.24, 2.45) is 0 Å². The molecule has 0 heterocycles. The predicted octanol–water partition coefficient (Wildman–Crippen LogP) is 4.52. The van der Waals surface area contributed by atoms with E-state index < -0.39 is 51.6 Å². The van der Waals surface area contributed by atoms with E-state index in [1.165, 1.54) is 0 Å². The van der Waals surface area contributed by atoms with Crippen LogP contribution >= 0.6 is 0 Å². The molecule has 0 spiro atoms. The minimum absolute atomic E-state index is 0.0691. The fraction of sp³-hybridized carbons (Fsp3) is 0.500. The summed E-state index contributed by atoms with van der Waals surface area (Å²) in [7, 11) is 1.95. The Kier molecular flexibility index (Phi) is 11.2. The van der Waals surface area contributed by atoms with Crippen molar-refractivity contribution in [1.29, 1.82) is 0 Å². The van der Waals surface area contributed by atoms with Crippen molar-refractivity contribution in [1.82, 2.24) is 10.6 Å². The second-order valence-corrected chi connectivity index (χ2v) is 11.0. The van der Waals surface area contributed by atoms with Gasteiger partial charge >= 0.3 is 0 Å². The summed E-state index contributed by atoms with van der Waals surface area (Å²) in [6.07, 6.45) is 1.78. The number of nitrogen functional groups attached to an aromatic ring is 2. The summed E-state index contributed by atoms with van der Waals surface area (Å²) >= 11 is 0. The molecule has 2 amide bonds. The van der Waals surface area contributed by atoms with Crippen LogP contribution in [0.1, 0.15) is 63.7 Å². The van der Waals surface area contributed by atoms with Crippen LogP contribution in [0.3, 0.4) is 0 Å². The topological polar surface area (TPSA) is 123 Å². The standard InChI is InChI=1S/C28H39F4N5O3/c1-27(2,36-26(39)20-21(29)23(31)25(34)24(32)22(20)30)13-16-40-28(3,4)12-14-35-19(38)7-6-15-37(5)18-10-8-17(33)9-11-18/h8-11H,6-7,12-16,33-34H2,1-5H3,(H,35,38)(H,36,39). The molecular weight excluding hydrogens is 530 g/mol. The first-order chi connectivity index (χ1) is 18.5. The fourth-order valence-electron chi connectivity index (χ4n) is 3.86. The number of hydrogen-bond donors (Lipinski definition) is 4. The molecule has 0 saturated heterocycles. The second kappa shape index (κ2) is 13.7. The van der Waals surface area contributed by atoms with E-state index in [0.29, 0.717) is 38.0 Å². The Morgan fingerprint density at radius 1 is 0.925 bits per heavy atom. The minimum atomic E-state index is -1.86. The number of anilines is 3. The Morgan fingerprint density at radius 2 is 1.50 bits per heavy atom. The number of halogens is 4. The van der Waals surface area contributed by atoms with Gasteiger partial charge < -0.3 is 31.7 Å². The summed E-state index contributed by atoms with van der Waals surface area (Å²) in [6, 6.07) is 7.50. The van der Waals surface area contributed by atoms with Crippen molar-refractivity contribution in [2.45, 2.75) is 64.5 Å². The number of hydrogen-bond acceptors (Lipinski definition) is 6. The van der Waals surface area contributed by atoms with Gasteiger partial charge in [0.05, 0.1) is 5.60 Å². The Bertz CT molecular complexity index is 1160. The quantitative estimate of drug-likeness (QED) is 0.151. The summed E-state index contributed by atoms with van der Waals surface area (Å²) < 4.78 is 61.6. The van der Waals surface area contributed by atoms with Gasteiger partial charge in [0.2, 0.25) is 5.91 Å². The molecule has 0 aliphatic heterocycles. The molecule has 0 atom stereocenters. The molecule has 2 aromatic rings. The van der Waals surface area contributed by atoms with Crippen molar-refractivity contribution in [3.63, 3.8) is 0 Å². The SMILES string of the molecule is CN(CCCC(=O)NCCC(C)(C)OCCC(C)(C)NC(=O)c1c(F)c(F)c(N)c(F)c1F)c1ccc(N)cc1. The molecule has 0 fully saturated rings. The zero-order valence-electron chi connectivity index (χ0n) is 23.6. The van der Waals surface area contributed by atoms with Crippen molar-refractivity contribution >= 4 is 28.9 Å². The lowest BCUT2D eigenvalue weighted by atomic mass is 9.99. The Balaban J connectivity index is 1.74. The fourth-order valence-corrected chi connectivity index (χ4v) is 3.86. The van der Waals surface area contributed by atoms with Gasteiger partial charge in [-0.2, -0.15) is 0 Å². The second-order valence-electron chi connectivity index (χ2n) is 11.0. The molecule has 0 radical (unpaired) electrons. The highest BCUT2D eigenvalue weighted by Gasteiger charge is 2.31. The van der Waals surface area contributed by atoms with Crippen LogP contribution in [0.4, 0.5) is 34.6 Å². The molecule has 8 nitrogen and oxygen atoms in total. The zero-order valence-corrected chi connectivity index (χ0v) is 23.6. The van der Waals surface area contributed by atoms with Crippen molar-refractivity contribution in [3.8, 4) is 0 Å². The first kappa shape index (κ1) is 32.7. The first-order valence-electron chi connectivity index (χ1n) is 13.0. The van der Waals surface area contributed by atoms with Gasteiger partial charge in [-0.15, -0.1) is 0 Å². The van der Waals surface area contributed by atoms with Crippen LogP contribution in [0.25, 0.3) is 0 Å². The first-order valence-corrected chi connectivity index (χ1v) is 13.0. The van der Waals surface area contributed by atoms with Crippen LogP contribution in [-0.4, -0.2) is 49.7 Å². The average Bonchev–Trinajstić information content (AvgIpc) is 2.86. The van der Waals surface area contributed by atoms with Crippen LogP contribution in [0.15, 0.2) is 24.3 Å². The van der Waals surface area contributed by atoms with Gasteiger partial charge in [-0.1, -0.05) is 0 Å². The molecular formula is C28H39F4N5O3. The van der Waals surface area contributed by atoms with E-state index in [-0.39, 0.29) is 18.9 Å². The molecule has 6 N–H and O–H groups in total. The van der Waals surface area contributed by atoms with Crippen molar-refractivity contribution in [2.75, 3.05) is 43.1 Å².